The molecule has 4 aromatic rings. The molecule has 3 atom stereocenters. The first-order valence-corrected chi connectivity index (χ1v) is 18.0. The minimum atomic E-state index is -0.808. The Morgan fingerprint density at radius 3 is 2.51 bits per heavy atom. The summed E-state index contributed by atoms with van der Waals surface area (Å²) in [5, 5.41) is 13.6. The van der Waals surface area contributed by atoms with E-state index in [-0.39, 0.29) is 42.5 Å². The topological polar surface area (TPSA) is 185 Å². The molecule has 0 fully saturated rings. The highest BCUT2D eigenvalue weighted by molar-refractivity contribution is 6.00. The van der Waals surface area contributed by atoms with Crippen molar-refractivity contribution in [2.45, 2.75) is 71.5 Å². The average molecular weight is 728 g/mol. The van der Waals surface area contributed by atoms with Crippen LogP contribution < -0.4 is 25.4 Å². The third-order valence-electron chi connectivity index (χ3n) is 9.36. The molecule has 1 aliphatic rings. The zero-order valence-electron chi connectivity index (χ0n) is 31.0. The monoisotopic (exact) mass is 727 g/mol. The summed E-state index contributed by atoms with van der Waals surface area (Å²) >= 11 is 0. The Morgan fingerprint density at radius 1 is 1.00 bits per heavy atom. The number of carbonyl (C=O) groups is 4. The molecule has 0 aliphatic carbocycles. The Hall–Kier alpha value is -5.73. The van der Waals surface area contributed by atoms with Crippen molar-refractivity contribution in [1.29, 1.82) is 0 Å². The van der Waals surface area contributed by atoms with Crippen molar-refractivity contribution in [2.24, 2.45) is 5.92 Å². The zero-order chi connectivity index (χ0) is 37.9. The molecule has 15 nitrogen and oxygen atoms in total. The number of aromatic amines is 1. The summed E-state index contributed by atoms with van der Waals surface area (Å²) in [6.45, 7) is 6.44. The number of rotatable bonds is 8. The standard InChI is InChI=1S/C38H49N9O6/c1-6-24(2)34-37(50)42-25(3)36-43-31(22-26-14-15-29(52-4)30(21-26)53-5)45-47(36)23-33(49)39-16-10-20-46(19-9-13-32(48)44-34)38(51)28-12-8-7-11-27(28)35-40-17-18-41-35/h7-8,11-12,14-15,17-18,21,24-25,34H,6,9-10,13,16,19-20,22-23H2,1-5H3,(H,39,49)(H,40,41)(H,42,50)(H,44,48)/t24-,25+,34-/m0/s1. The van der Waals surface area contributed by atoms with Gasteiger partial charge in [0.15, 0.2) is 17.3 Å². The van der Waals surface area contributed by atoms with Gasteiger partial charge in [-0.15, -0.1) is 0 Å². The molecule has 0 saturated heterocycles. The quantitative estimate of drug-likeness (QED) is 0.211. The second-order valence-corrected chi connectivity index (χ2v) is 13.2. The Labute approximate surface area is 309 Å². The van der Waals surface area contributed by atoms with E-state index in [1.165, 1.54) is 4.68 Å². The lowest BCUT2D eigenvalue weighted by Crippen LogP contribution is -2.51. The van der Waals surface area contributed by atoms with E-state index in [9.17, 15) is 19.2 Å². The summed E-state index contributed by atoms with van der Waals surface area (Å²) in [5.74, 6) is 1.25. The van der Waals surface area contributed by atoms with Crippen LogP contribution in [0.4, 0.5) is 0 Å². The largest absolute Gasteiger partial charge is 0.493 e. The number of hydrogen-bond acceptors (Lipinski definition) is 9. The molecule has 3 heterocycles. The lowest BCUT2D eigenvalue weighted by atomic mass is 9.97. The van der Waals surface area contributed by atoms with Gasteiger partial charge in [0.1, 0.15) is 24.2 Å². The summed E-state index contributed by atoms with van der Waals surface area (Å²) in [7, 11) is 3.13. The van der Waals surface area contributed by atoms with Crippen LogP contribution in [0, 0.1) is 5.92 Å². The lowest BCUT2D eigenvalue weighted by molar-refractivity contribution is -0.130. The highest BCUT2D eigenvalue weighted by Gasteiger charge is 2.29. The third-order valence-corrected chi connectivity index (χ3v) is 9.36. The van der Waals surface area contributed by atoms with Gasteiger partial charge in [-0.1, -0.05) is 44.5 Å². The van der Waals surface area contributed by atoms with Gasteiger partial charge in [0, 0.05) is 50.4 Å². The molecule has 15 heteroatoms. The second kappa shape index (κ2) is 18.2. The van der Waals surface area contributed by atoms with Gasteiger partial charge in [0.2, 0.25) is 17.7 Å². The minimum Gasteiger partial charge on any atom is -0.493 e. The van der Waals surface area contributed by atoms with Gasteiger partial charge in [-0.3, -0.25) is 19.2 Å². The normalized spacial score (nSPS) is 18.4. The van der Waals surface area contributed by atoms with E-state index in [1.807, 2.05) is 38.1 Å². The number of fused-ring (bicyclic) bond motifs is 1. The summed E-state index contributed by atoms with van der Waals surface area (Å²) in [4.78, 5) is 68.2. The summed E-state index contributed by atoms with van der Waals surface area (Å²) in [5.41, 5.74) is 2.01. The Kier molecular flexibility index (Phi) is 13.2. The molecular weight excluding hydrogens is 678 g/mol. The van der Waals surface area contributed by atoms with Crippen molar-refractivity contribution in [3.05, 3.63) is 77.6 Å². The van der Waals surface area contributed by atoms with Gasteiger partial charge in [0.25, 0.3) is 5.91 Å². The smallest absolute Gasteiger partial charge is 0.254 e. The number of benzene rings is 2. The maximum Gasteiger partial charge on any atom is 0.254 e. The maximum absolute atomic E-state index is 14.0. The Morgan fingerprint density at radius 2 is 1.77 bits per heavy atom. The fourth-order valence-electron chi connectivity index (χ4n) is 6.30. The second-order valence-electron chi connectivity index (χ2n) is 13.2. The van der Waals surface area contributed by atoms with E-state index in [0.29, 0.717) is 85.4 Å². The number of methoxy groups -OCH3 is 2. The summed E-state index contributed by atoms with van der Waals surface area (Å²) in [6.07, 6.45) is 5.28. The Balaban J connectivity index is 1.40. The average Bonchev–Trinajstić information content (AvgIpc) is 3.84. The van der Waals surface area contributed by atoms with Crippen molar-refractivity contribution >= 4 is 23.6 Å². The third kappa shape index (κ3) is 9.78. The number of nitrogens with zero attached hydrogens (tertiary/aromatic N) is 5. The van der Waals surface area contributed by atoms with Crippen LogP contribution in [-0.2, 0) is 27.3 Å². The molecule has 53 heavy (non-hydrogen) atoms. The number of carbonyl (C=O) groups excluding carboxylic acids is 4. The van der Waals surface area contributed by atoms with Crippen LogP contribution >= 0.6 is 0 Å². The molecule has 5 rings (SSSR count). The molecule has 2 aromatic carbocycles. The predicted molar refractivity (Wildman–Crippen MR) is 197 cm³/mol. The number of aromatic nitrogens is 5. The van der Waals surface area contributed by atoms with Gasteiger partial charge in [-0.25, -0.2) is 14.6 Å². The van der Waals surface area contributed by atoms with Crippen LogP contribution in [0.5, 0.6) is 11.5 Å². The van der Waals surface area contributed by atoms with Crippen LogP contribution in [-0.4, -0.2) is 93.2 Å². The fourth-order valence-corrected chi connectivity index (χ4v) is 6.30. The highest BCUT2D eigenvalue weighted by Crippen LogP contribution is 2.28. The van der Waals surface area contributed by atoms with Crippen molar-refractivity contribution in [2.75, 3.05) is 33.9 Å². The molecule has 4 N–H and O–H groups in total. The number of ether oxygens (including phenoxy) is 2. The van der Waals surface area contributed by atoms with Gasteiger partial charge in [-0.05, 0) is 49.4 Å². The summed E-state index contributed by atoms with van der Waals surface area (Å²) < 4.78 is 12.3. The van der Waals surface area contributed by atoms with E-state index < -0.39 is 12.1 Å². The first-order valence-electron chi connectivity index (χ1n) is 18.0. The molecule has 0 unspecified atom stereocenters. The lowest BCUT2D eigenvalue weighted by Gasteiger charge is -2.26. The first-order chi connectivity index (χ1) is 25.6. The van der Waals surface area contributed by atoms with Crippen LogP contribution in [0.1, 0.15) is 80.1 Å². The molecule has 4 amide bonds. The molecule has 0 bridgehead atoms. The van der Waals surface area contributed by atoms with E-state index in [0.717, 1.165) is 5.56 Å². The van der Waals surface area contributed by atoms with E-state index in [2.05, 4.69) is 31.0 Å². The summed E-state index contributed by atoms with van der Waals surface area (Å²) in [6, 6.07) is 11.3. The maximum atomic E-state index is 14.0. The number of imidazole rings is 1. The minimum absolute atomic E-state index is 0.115. The number of hydrogen-bond donors (Lipinski definition) is 4. The van der Waals surface area contributed by atoms with Crippen molar-refractivity contribution < 1.29 is 28.7 Å². The molecule has 0 spiro atoms. The van der Waals surface area contributed by atoms with Crippen molar-refractivity contribution in [1.82, 2.24) is 45.6 Å². The van der Waals surface area contributed by atoms with Crippen molar-refractivity contribution in [3.8, 4) is 22.9 Å². The predicted octanol–water partition coefficient (Wildman–Crippen LogP) is 3.43. The van der Waals surface area contributed by atoms with Crippen molar-refractivity contribution in [3.63, 3.8) is 0 Å². The van der Waals surface area contributed by atoms with Gasteiger partial charge in [0.05, 0.1) is 25.8 Å². The molecule has 0 radical (unpaired) electrons. The SMILES string of the molecule is CC[C@H](C)[C@@H]1NC(=O)CCCN(C(=O)c2ccccc2-c2ncc[nH]2)CCCNC(=O)Cn2nc(Cc3ccc(OC)c(OC)c3)nc2[C@@H](C)NC1=O. The highest BCUT2D eigenvalue weighted by atomic mass is 16.5. The Bertz CT molecular complexity index is 1880. The molecule has 282 valence electrons. The number of H-pyrrole nitrogens is 1. The van der Waals surface area contributed by atoms with Gasteiger partial charge < -0.3 is 35.3 Å². The molecular formula is C38H49N9O6. The number of amides is 4. The van der Waals surface area contributed by atoms with Crippen LogP contribution in [0.25, 0.3) is 11.4 Å². The zero-order valence-corrected chi connectivity index (χ0v) is 31.0. The number of nitrogens with one attached hydrogen (secondary N) is 4. The van der Waals surface area contributed by atoms with E-state index in [1.54, 1.807) is 56.6 Å². The van der Waals surface area contributed by atoms with Gasteiger partial charge in [-0.2, -0.15) is 5.10 Å². The van der Waals surface area contributed by atoms with E-state index >= 15 is 0 Å². The van der Waals surface area contributed by atoms with Crippen LogP contribution in [0.15, 0.2) is 54.9 Å². The van der Waals surface area contributed by atoms with Gasteiger partial charge >= 0.3 is 0 Å². The molecule has 2 aromatic heterocycles. The molecule has 1 aliphatic heterocycles. The molecule has 0 saturated carbocycles. The first kappa shape index (κ1) is 38.5. The van der Waals surface area contributed by atoms with Crippen LogP contribution in [0.3, 0.4) is 0 Å². The fraction of sp³-hybridized carbons (Fsp3) is 0.447. The van der Waals surface area contributed by atoms with E-state index in [4.69, 9.17) is 14.5 Å². The van der Waals surface area contributed by atoms with Crippen LogP contribution in [0.2, 0.25) is 0 Å².